The standard InChI is InChI=1S/C25H20IN3O6/c1-33-21-8-6-19(7-9-21)28-25(30)18(14-27)10-17-12-22(26)24(23(13-17)34-2)35-15-16-4-3-5-20(11-16)29(31)32/h3-13H,15H2,1-2H3,(H,28,30)/b18-10-. The molecule has 0 heterocycles. The van der Waals surface area contributed by atoms with Crippen LogP contribution in [-0.2, 0) is 11.4 Å². The molecule has 0 fully saturated rings. The Kier molecular flexibility index (Phi) is 8.63. The van der Waals surface area contributed by atoms with Crippen molar-refractivity contribution in [2.75, 3.05) is 19.5 Å². The van der Waals surface area contributed by atoms with Crippen LogP contribution in [0.5, 0.6) is 17.2 Å². The van der Waals surface area contributed by atoms with Crippen LogP contribution in [0.15, 0.2) is 66.2 Å². The van der Waals surface area contributed by atoms with Crippen molar-refractivity contribution >= 4 is 45.9 Å². The molecular formula is C25H20IN3O6. The van der Waals surface area contributed by atoms with E-state index in [2.05, 4.69) is 27.9 Å². The maximum Gasteiger partial charge on any atom is 0.269 e. The number of nitrogens with one attached hydrogen (secondary N) is 1. The number of rotatable bonds is 9. The van der Waals surface area contributed by atoms with Gasteiger partial charge in [0, 0.05) is 17.8 Å². The van der Waals surface area contributed by atoms with Gasteiger partial charge >= 0.3 is 0 Å². The second-order valence-electron chi connectivity index (χ2n) is 7.10. The molecule has 0 aliphatic heterocycles. The lowest BCUT2D eigenvalue weighted by atomic mass is 10.1. The van der Waals surface area contributed by atoms with Gasteiger partial charge in [0.05, 0.1) is 22.7 Å². The molecule has 0 aliphatic rings. The fourth-order valence-corrected chi connectivity index (χ4v) is 3.85. The maximum atomic E-state index is 12.6. The molecule has 3 aromatic rings. The maximum absolute atomic E-state index is 12.6. The van der Waals surface area contributed by atoms with Crippen molar-refractivity contribution < 1.29 is 23.9 Å². The number of nitrogens with zero attached hydrogens (tertiary/aromatic N) is 2. The van der Waals surface area contributed by atoms with Crippen LogP contribution in [0.25, 0.3) is 6.08 Å². The molecule has 1 N–H and O–H groups in total. The molecular weight excluding hydrogens is 565 g/mol. The van der Waals surface area contributed by atoms with E-state index >= 15 is 0 Å². The number of halogens is 1. The highest BCUT2D eigenvalue weighted by Gasteiger charge is 2.15. The van der Waals surface area contributed by atoms with Gasteiger partial charge in [-0.05, 0) is 76.2 Å². The van der Waals surface area contributed by atoms with Gasteiger partial charge in [-0.25, -0.2) is 0 Å². The predicted octanol–water partition coefficient (Wildman–Crippen LogP) is 5.34. The van der Waals surface area contributed by atoms with Crippen molar-refractivity contribution in [3.8, 4) is 23.3 Å². The molecule has 3 aromatic carbocycles. The van der Waals surface area contributed by atoms with Gasteiger partial charge in [0.15, 0.2) is 11.5 Å². The minimum absolute atomic E-state index is 0.0230. The van der Waals surface area contributed by atoms with Crippen molar-refractivity contribution in [1.82, 2.24) is 0 Å². The van der Waals surface area contributed by atoms with Gasteiger partial charge < -0.3 is 19.5 Å². The smallest absolute Gasteiger partial charge is 0.269 e. The molecule has 3 rings (SSSR count). The van der Waals surface area contributed by atoms with Crippen LogP contribution in [0, 0.1) is 25.0 Å². The number of methoxy groups -OCH3 is 2. The number of amides is 1. The van der Waals surface area contributed by atoms with Crippen LogP contribution in [0.1, 0.15) is 11.1 Å². The Morgan fingerprint density at radius 3 is 2.51 bits per heavy atom. The Bertz CT molecular complexity index is 1320. The number of hydrogen-bond donors (Lipinski definition) is 1. The van der Waals surface area contributed by atoms with E-state index in [1.54, 1.807) is 55.6 Å². The summed E-state index contributed by atoms with van der Waals surface area (Å²) < 4.78 is 17.1. The Morgan fingerprint density at radius 1 is 1.14 bits per heavy atom. The van der Waals surface area contributed by atoms with E-state index < -0.39 is 10.8 Å². The summed E-state index contributed by atoms with van der Waals surface area (Å²) in [7, 11) is 3.02. The number of anilines is 1. The van der Waals surface area contributed by atoms with Crippen LogP contribution in [-0.4, -0.2) is 25.1 Å². The van der Waals surface area contributed by atoms with E-state index in [0.717, 1.165) is 0 Å². The van der Waals surface area contributed by atoms with Crippen molar-refractivity contribution in [3.05, 3.63) is 91.0 Å². The third-order valence-corrected chi connectivity index (χ3v) is 5.58. The molecule has 9 nitrogen and oxygen atoms in total. The Balaban J connectivity index is 1.79. The van der Waals surface area contributed by atoms with Crippen LogP contribution in [0.4, 0.5) is 11.4 Å². The van der Waals surface area contributed by atoms with E-state index in [1.807, 2.05) is 6.07 Å². The van der Waals surface area contributed by atoms with Crippen molar-refractivity contribution in [2.24, 2.45) is 0 Å². The van der Waals surface area contributed by atoms with Gasteiger partial charge in [-0.2, -0.15) is 5.26 Å². The molecule has 35 heavy (non-hydrogen) atoms. The number of benzene rings is 3. The van der Waals surface area contributed by atoms with Crippen molar-refractivity contribution in [2.45, 2.75) is 6.61 Å². The fraction of sp³-hybridized carbons (Fsp3) is 0.120. The summed E-state index contributed by atoms with van der Waals surface area (Å²) in [6.07, 6.45) is 1.45. The number of carbonyl (C=O) groups excluding carboxylic acids is 1. The highest BCUT2D eigenvalue weighted by Crippen LogP contribution is 2.35. The zero-order chi connectivity index (χ0) is 25.4. The van der Waals surface area contributed by atoms with E-state index in [1.165, 1.54) is 25.3 Å². The van der Waals surface area contributed by atoms with Crippen LogP contribution < -0.4 is 19.5 Å². The van der Waals surface area contributed by atoms with Crippen LogP contribution in [0.2, 0.25) is 0 Å². The molecule has 178 valence electrons. The van der Waals surface area contributed by atoms with Crippen molar-refractivity contribution in [1.29, 1.82) is 5.26 Å². The number of ether oxygens (including phenoxy) is 3. The van der Waals surface area contributed by atoms with E-state index in [-0.39, 0.29) is 17.9 Å². The fourth-order valence-electron chi connectivity index (χ4n) is 3.07. The van der Waals surface area contributed by atoms with Gasteiger partial charge in [-0.1, -0.05) is 12.1 Å². The molecule has 0 atom stereocenters. The van der Waals surface area contributed by atoms with Crippen LogP contribution >= 0.6 is 22.6 Å². The first kappa shape index (κ1) is 25.5. The topological polar surface area (TPSA) is 124 Å². The Labute approximate surface area is 215 Å². The molecule has 10 heteroatoms. The predicted molar refractivity (Wildman–Crippen MR) is 138 cm³/mol. The highest BCUT2D eigenvalue weighted by molar-refractivity contribution is 14.1. The van der Waals surface area contributed by atoms with E-state index in [0.29, 0.717) is 37.6 Å². The zero-order valence-corrected chi connectivity index (χ0v) is 20.9. The molecule has 0 aromatic heterocycles. The number of carbonyl (C=O) groups is 1. The van der Waals surface area contributed by atoms with E-state index in [4.69, 9.17) is 14.2 Å². The lowest BCUT2D eigenvalue weighted by Crippen LogP contribution is -2.13. The lowest BCUT2D eigenvalue weighted by molar-refractivity contribution is -0.384. The van der Waals surface area contributed by atoms with Gasteiger partial charge in [0.1, 0.15) is 24.0 Å². The van der Waals surface area contributed by atoms with E-state index in [9.17, 15) is 20.2 Å². The minimum atomic E-state index is -0.558. The van der Waals surface area contributed by atoms with Gasteiger partial charge in [-0.3, -0.25) is 14.9 Å². The molecule has 0 bridgehead atoms. The van der Waals surface area contributed by atoms with Gasteiger partial charge in [0.2, 0.25) is 0 Å². The quantitative estimate of drug-likeness (QED) is 0.118. The van der Waals surface area contributed by atoms with Gasteiger partial charge in [0.25, 0.3) is 11.6 Å². The second kappa shape index (κ2) is 11.8. The number of nitro groups is 1. The molecule has 0 saturated heterocycles. The first-order valence-electron chi connectivity index (χ1n) is 10.2. The third-order valence-electron chi connectivity index (χ3n) is 4.78. The van der Waals surface area contributed by atoms with Gasteiger partial charge in [-0.15, -0.1) is 0 Å². The van der Waals surface area contributed by atoms with Crippen molar-refractivity contribution in [3.63, 3.8) is 0 Å². The monoisotopic (exact) mass is 585 g/mol. The van der Waals surface area contributed by atoms with Crippen LogP contribution in [0.3, 0.4) is 0 Å². The third kappa shape index (κ3) is 6.70. The number of nitro benzene ring substituents is 1. The molecule has 0 spiro atoms. The normalized spacial score (nSPS) is 10.7. The largest absolute Gasteiger partial charge is 0.497 e. The highest BCUT2D eigenvalue weighted by atomic mass is 127. The first-order valence-corrected chi connectivity index (χ1v) is 11.2. The average Bonchev–Trinajstić information content (AvgIpc) is 2.86. The molecule has 0 radical (unpaired) electrons. The SMILES string of the molecule is COc1ccc(NC(=O)/C(C#N)=C\c2cc(I)c(OCc3cccc([N+](=O)[O-])c3)c(OC)c2)cc1. The minimum Gasteiger partial charge on any atom is -0.497 e. The zero-order valence-electron chi connectivity index (χ0n) is 18.8. The summed E-state index contributed by atoms with van der Waals surface area (Å²) >= 11 is 2.06. The summed E-state index contributed by atoms with van der Waals surface area (Å²) in [4.78, 5) is 23.1. The number of nitriles is 1. The molecule has 0 aliphatic carbocycles. The molecule has 0 saturated carbocycles. The Hall–Kier alpha value is -4.11. The summed E-state index contributed by atoms with van der Waals surface area (Å²) in [5, 5.41) is 23.2. The summed E-state index contributed by atoms with van der Waals surface area (Å²) in [5.74, 6) is 0.922. The summed E-state index contributed by atoms with van der Waals surface area (Å²) in [6, 6.07) is 18.2. The molecule has 0 unspecified atom stereocenters. The number of non-ortho nitro benzene ring substituents is 1. The number of hydrogen-bond acceptors (Lipinski definition) is 7. The summed E-state index contributed by atoms with van der Waals surface area (Å²) in [5.41, 5.74) is 1.60. The average molecular weight is 585 g/mol. The second-order valence-corrected chi connectivity index (χ2v) is 8.26. The first-order chi connectivity index (χ1) is 16.8. The molecule has 1 amide bonds. The Morgan fingerprint density at radius 2 is 1.89 bits per heavy atom. The lowest BCUT2D eigenvalue weighted by Gasteiger charge is -2.14. The summed E-state index contributed by atoms with van der Waals surface area (Å²) in [6.45, 7) is 0.0942.